The fourth-order valence-corrected chi connectivity index (χ4v) is 3.52. The van der Waals surface area contributed by atoms with Crippen LogP contribution < -0.4 is 0 Å². The molecule has 2 aromatic rings. The molecule has 1 aliphatic heterocycles. The van der Waals surface area contributed by atoms with E-state index in [1.807, 2.05) is 41.3 Å². The van der Waals surface area contributed by atoms with E-state index in [1.54, 1.807) is 12.1 Å². The summed E-state index contributed by atoms with van der Waals surface area (Å²) in [6, 6.07) is 16.3. The standard InChI is InChI=1S/C21H24FNO2/c22-20-9-5-4-8-18(20)19(17-6-2-1-3-7-17)14-21(25)23-12-10-16(15-24)11-13-23/h1-9,16,19,24H,10-15H2/t19-/m0/s1. The monoisotopic (exact) mass is 341 g/mol. The van der Waals surface area contributed by atoms with Gasteiger partial charge >= 0.3 is 0 Å². The average molecular weight is 341 g/mol. The van der Waals surface area contributed by atoms with Gasteiger partial charge in [-0.25, -0.2) is 4.39 Å². The SMILES string of the molecule is O=C(C[C@@H](c1ccccc1)c1ccccc1F)N1CCC(CO)CC1. The Bertz CT molecular complexity index is 696. The number of hydrogen-bond donors (Lipinski definition) is 1. The van der Waals surface area contributed by atoms with Gasteiger partial charge in [-0.1, -0.05) is 48.5 Å². The highest BCUT2D eigenvalue weighted by Gasteiger charge is 2.26. The number of likely N-dealkylation sites (tertiary alicyclic amines) is 1. The molecule has 0 spiro atoms. The third-order valence-electron chi connectivity index (χ3n) is 5.09. The first-order valence-corrected chi connectivity index (χ1v) is 8.87. The lowest BCUT2D eigenvalue weighted by atomic mass is 9.87. The van der Waals surface area contributed by atoms with Crippen LogP contribution >= 0.6 is 0 Å². The maximum Gasteiger partial charge on any atom is 0.223 e. The third-order valence-corrected chi connectivity index (χ3v) is 5.09. The smallest absolute Gasteiger partial charge is 0.223 e. The van der Waals surface area contributed by atoms with Crippen LogP contribution in [0.4, 0.5) is 4.39 Å². The molecule has 3 rings (SSSR count). The number of aliphatic hydroxyl groups is 1. The van der Waals surface area contributed by atoms with Gasteiger partial charge in [-0.05, 0) is 36.0 Å². The summed E-state index contributed by atoms with van der Waals surface area (Å²) < 4.78 is 14.4. The average Bonchev–Trinajstić information content (AvgIpc) is 2.67. The summed E-state index contributed by atoms with van der Waals surface area (Å²) in [5, 5.41) is 9.24. The fourth-order valence-electron chi connectivity index (χ4n) is 3.52. The lowest BCUT2D eigenvalue weighted by Gasteiger charge is -2.32. The minimum atomic E-state index is -0.287. The predicted molar refractivity (Wildman–Crippen MR) is 95.7 cm³/mol. The van der Waals surface area contributed by atoms with Crippen molar-refractivity contribution in [2.75, 3.05) is 19.7 Å². The second-order valence-corrected chi connectivity index (χ2v) is 6.70. The van der Waals surface area contributed by atoms with E-state index in [1.165, 1.54) is 6.07 Å². The van der Waals surface area contributed by atoms with Gasteiger partial charge in [0.2, 0.25) is 5.91 Å². The Kier molecular flexibility index (Phi) is 5.82. The van der Waals surface area contributed by atoms with E-state index < -0.39 is 0 Å². The molecule has 0 radical (unpaired) electrons. The van der Waals surface area contributed by atoms with E-state index >= 15 is 0 Å². The van der Waals surface area contributed by atoms with Gasteiger partial charge in [0.1, 0.15) is 5.82 Å². The highest BCUT2D eigenvalue weighted by Crippen LogP contribution is 2.31. The Labute approximate surface area is 148 Å². The quantitative estimate of drug-likeness (QED) is 0.903. The predicted octanol–water partition coefficient (Wildman–Crippen LogP) is 3.58. The van der Waals surface area contributed by atoms with Crippen LogP contribution in [0.5, 0.6) is 0 Å². The van der Waals surface area contributed by atoms with Crippen LogP contribution in [0.15, 0.2) is 54.6 Å². The molecule has 0 saturated carbocycles. The van der Waals surface area contributed by atoms with Crippen LogP contribution in [0.2, 0.25) is 0 Å². The molecule has 0 unspecified atom stereocenters. The lowest BCUT2D eigenvalue weighted by molar-refractivity contribution is -0.133. The Morgan fingerprint density at radius 1 is 1.08 bits per heavy atom. The first kappa shape index (κ1) is 17.6. The summed E-state index contributed by atoms with van der Waals surface area (Å²) >= 11 is 0. The van der Waals surface area contributed by atoms with Crippen LogP contribution in [0.3, 0.4) is 0 Å². The summed E-state index contributed by atoms with van der Waals surface area (Å²) in [5.74, 6) is -0.220. The normalized spacial score (nSPS) is 16.6. The van der Waals surface area contributed by atoms with Crippen molar-refractivity contribution in [3.63, 3.8) is 0 Å². The summed E-state index contributed by atoms with van der Waals surface area (Å²) in [4.78, 5) is 14.7. The van der Waals surface area contributed by atoms with Gasteiger partial charge < -0.3 is 10.0 Å². The van der Waals surface area contributed by atoms with E-state index in [4.69, 9.17) is 0 Å². The number of amides is 1. The minimum Gasteiger partial charge on any atom is -0.396 e. The largest absolute Gasteiger partial charge is 0.396 e. The molecule has 2 aromatic carbocycles. The van der Waals surface area contributed by atoms with E-state index in [2.05, 4.69) is 0 Å². The maximum absolute atomic E-state index is 14.4. The van der Waals surface area contributed by atoms with Gasteiger partial charge in [-0.3, -0.25) is 4.79 Å². The molecule has 0 aromatic heterocycles. The molecule has 1 aliphatic rings. The Balaban J connectivity index is 1.79. The van der Waals surface area contributed by atoms with Gasteiger partial charge in [0.05, 0.1) is 0 Å². The van der Waals surface area contributed by atoms with Crippen molar-refractivity contribution < 1.29 is 14.3 Å². The first-order valence-electron chi connectivity index (χ1n) is 8.87. The molecular weight excluding hydrogens is 317 g/mol. The van der Waals surface area contributed by atoms with Gasteiger partial charge in [-0.15, -0.1) is 0 Å². The van der Waals surface area contributed by atoms with Crippen LogP contribution in [-0.2, 0) is 4.79 Å². The molecule has 4 heteroatoms. The van der Waals surface area contributed by atoms with Crippen LogP contribution in [0.25, 0.3) is 0 Å². The second kappa shape index (κ2) is 8.26. The van der Waals surface area contributed by atoms with Crippen molar-refractivity contribution in [2.45, 2.75) is 25.2 Å². The number of rotatable bonds is 5. The minimum absolute atomic E-state index is 0.0495. The number of carbonyl (C=O) groups is 1. The molecule has 1 amide bonds. The molecule has 1 heterocycles. The highest BCUT2D eigenvalue weighted by atomic mass is 19.1. The molecule has 1 saturated heterocycles. The first-order chi connectivity index (χ1) is 12.2. The molecule has 25 heavy (non-hydrogen) atoms. The van der Waals surface area contributed by atoms with Crippen molar-refractivity contribution >= 4 is 5.91 Å². The van der Waals surface area contributed by atoms with Gasteiger partial charge in [-0.2, -0.15) is 0 Å². The number of piperidine rings is 1. The zero-order valence-corrected chi connectivity index (χ0v) is 14.3. The summed E-state index contributed by atoms with van der Waals surface area (Å²) in [6.07, 6.45) is 1.92. The molecule has 3 nitrogen and oxygen atoms in total. The maximum atomic E-state index is 14.4. The zero-order valence-electron chi connectivity index (χ0n) is 14.3. The molecule has 1 fully saturated rings. The van der Waals surface area contributed by atoms with E-state index in [9.17, 15) is 14.3 Å². The number of hydrogen-bond acceptors (Lipinski definition) is 2. The Morgan fingerprint density at radius 3 is 2.36 bits per heavy atom. The topological polar surface area (TPSA) is 40.5 Å². The fraction of sp³-hybridized carbons (Fsp3) is 0.381. The summed E-state index contributed by atoms with van der Waals surface area (Å²) in [5.41, 5.74) is 1.51. The number of carbonyl (C=O) groups excluding carboxylic acids is 1. The Hall–Kier alpha value is -2.20. The summed E-state index contributed by atoms with van der Waals surface area (Å²) in [7, 11) is 0. The number of halogens is 1. The Morgan fingerprint density at radius 2 is 1.72 bits per heavy atom. The number of nitrogens with zero attached hydrogens (tertiary/aromatic N) is 1. The summed E-state index contributed by atoms with van der Waals surface area (Å²) in [6.45, 7) is 1.52. The molecular formula is C21H24FNO2. The van der Waals surface area contributed by atoms with Crippen molar-refractivity contribution in [2.24, 2.45) is 5.92 Å². The lowest BCUT2D eigenvalue weighted by Crippen LogP contribution is -2.39. The number of aliphatic hydroxyl groups excluding tert-OH is 1. The van der Waals surface area contributed by atoms with E-state index in [-0.39, 0.29) is 30.7 Å². The van der Waals surface area contributed by atoms with Crippen molar-refractivity contribution in [1.82, 2.24) is 4.90 Å². The molecule has 1 N–H and O–H groups in total. The van der Waals surface area contributed by atoms with Gasteiger partial charge in [0.15, 0.2) is 0 Å². The van der Waals surface area contributed by atoms with Gasteiger partial charge in [0.25, 0.3) is 0 Å². The number of benzene rings is 2. The van der Waals surface area contributed by atoms with Gasteiger partial charge in [0, 0.05) is 32.0 Å². The van der Waals surface area contributed by atoms with Crippen LogP contribution in [0, 0.1) is 11.7 Å². The van der Waals surface area contributed by atoms with Crippen LogP contribution in [0.1, 0.15) is 36.3 Å². The third kappa shape index (κ3) is 4.26. The second-order valence-electron chi connectivity index (χ2n) is 6.70. The van der Waals surface area contributed by atoms with Crippen LogP contribution in [-0.4, -0.2) is 35.6 Å². The molecule has 132 valence electrons. The van der Waals surface area contributed by atoms with Crippen molar-refractivity contribution in [3.8, 4) is 0 Å². The van der Waals surface area contributed by atoms with Crippen molar-refractivity contribution in [1.29, 1.82) is 0 Å². The zero-order chi connectivity index (χ0) is 17.6. The molecule has 0 aliphatic carbocycles. The molecule has 1 atom stereocenters. The van der Waals surface area contributed by atoms with Crippen molar-refractivity contribution in [3.05, 3.63) is 71.5 Å². The van der Waals surface area contributed by atoms with E-state index in [0.717, 1.165) is 18.4 Å². The molecule has 0 bridgehead atoms. The van der Waals surface area contributed by atoms with E-state index in [0.29, 0.717) is 24.6 Å². The highest BCUT2D eigenvalue weighted by molar-refractivity contribution is 5.78.